The van der Waals surface area contributed by atoms with Crippen molar-refractivity contribution < 1.29 is 0 Å². The molecule has 3 rings (SSSR count). The first-order valence-electron chi connectivity index (χ1n) is 4.34. The molecule has 0 spiro atoms. The van der Waals surface area contributed by atoms with Crippen LogP contribution in [0.15, 0.2) is 22.9 Å². The van der Waals surface area contributed by atoms with E-state index in [0.29, 0.717) is 6.04 Å². The highest BCUT2D eigenvalue weighted by molar-refractivity contribution is 9.10. The third-order valence-corrected chi connectivity index (χ3v) is 2.75. The third kappa shape index (κ3) is 1.16. The highest BCUT2D eigenvalue weighted by Crippen LogP contribution is 2.36. The van der Waals surface area contributed by atoms with Gasteiger partial charge < -0.3 is 0 Å². The fourth-order valence-electron chi connectivity index (χ4n) is 1.52. The Labute approximate surface area is 83.9 Å². The first-order chi connectivity index (χ1) is 6.34. The summed E-state index contributed by atoms with van der Waals surface area (Å²) in [4.78, 5) is 4.34. The van der Waals surface area contributed by atoms with Crippen LogP contribution in [-0.2, 0) is 0 Å². The van der Waals surface area contributed by atoms with Crippen molar-refractivity contribution in [2.45, 2.75) is 18.9 Å². The van der Waals surface area contributed by atoms with Gasteiger partial charge in [0, 0.05) is 0 Å². The molecule has 0 amide bonds. The molecule has 0 saturated heterocycles. The average molecular weight is 238 g/mol. The molecule has 0 radical (unpaired) electrons. The molecule has 66 valence electrons. The molecule has 3 nitrogen and oxygen atoms in total. The maximum absolute atomic E-state index is 4.34. The maximum atomic E-state index is 4.34. The molecule has 4 heteroatoms. The molecule has 1 fully saturated rings. The molecule has 0 atom stereocenters. The molecule has 1 aliphatic rings. The second-order valence-electron chi connectivity index (χ2n) is 3.36. The van der Waals surface area contributed by atoms with E-state index in [1.165, 1.54) is 12.8 Å². The number of rotatable bonds is 1. The van der Waals surface area contributed by atoms with Gasteiger partial charge >= 0.3 is 0 Å². The van der Waals surface area contributed by atoms with E-state index in [1.54, 1.807) is 0 Å². The normalized spacial score (nSPS) is 16.7. The Morgan fingerprint density at radius 3 is 3.00 bits per heavy atom. The standard InChI is InChI=1S/C9H8BrN3/c10-9-4-3-8-7(12-9)5-11-13(8)6-1-2-6/h3-6H,1-2H2. The summed E-state index contributed by atoms with van der Waals surface area (Å²) < 4.78 is 2.95. The van der Waals surface area contributed by atoms with Crippen LogP contribution in [0.25, 0.3) is 11.0 Å². The molecule has 2 aromatic heterocycles. The number of hydrogen-bond donors (Lipinski definition) is 0. The van der Waals surface area contributed by atoms with Crippen molar-refractivity contribution in [1.29, 1.82) is 0 Å². The largest absolute Gasteiger partial charge is 0.260 e. The van der Waals surface area contributed by atoms with E-state index in [0.717, 1.165) is 15.6 Å². The van der Waals surface area contributed by atoms with E-state index in [9.17, 15) is 0 Å². The van der Waals surface area contributed by atoms with Crippen molar-refractivity contribution in [2.24, 2.45) is 0 Å². The van der Waals surface area contributed by atoms with Gasteiger partial charge in [-0.2, -0.15) is 5.10 Å². The molecule has 0 N–H and O–H groups in total. The summed E-state index contributed by atoms with van der Waals surface area (Å²) in [5, 5.41) is 4.33. The molecular weight excluding hydrogens is 230 g/mol. The van der Waals surface area contributed by atoms with Gasteiger partial charge in [-0.25, -0.2) is 4.98 Å². The van der Waals surface area contributed by atoms with Crippen molar-refractivity contribution in [3.8, 4) is 0 Å². The van der Waals surface area contributed by atoms with Gasteiger partial charge in [-0.05, 0) is 40.9 Å². The highest BCUT2D eigenvalue weighted by atomic mass is 79.9. The summed E-state index contributed by atoms with van der Waals surface area (Å²) in [5.74, 6) is 0. The van der Waals surface area contributed by atoms with Crippen molar-refractivity contribution >= 4 is 27.0 Å². The molecular formula is C9H8BrN3. The van der Waals surface area contributed by atoms with Gasteiger partial charge in [-0.3, -0.25) is 4.68 Å². The van der Waals surface area contributed by atoms with Crippen LogP contribution in [0.4, 0.5) is 0 Å². The third-order valence-electron chi connectivity index (χ3n) is 2.31. The zero-order valence-electron chi connectivity index (χ0n) is 6.94. The second kappa shape index (κ2) is 2.54. The molecule has 2 aromatic rings. The Bertz CT molecular complexity index is 459. The van der Waals surface area contributed by atoms with Crippen molar-refractivity contribution in [1.82, 2.24) is 14.8 Å². The Morgan fingerprint density at radius 2 is 2.23 bits per heavy atom. The predicted molar refractivity (Wildman–Crippen MR) is 53.5 cm³/mol. The zero-order chi connectivity index (χ0) is 8.84. The van der Waals surface area contributed by atoms with Crippen LogP contribution < -0.4 is 0 Å². The summed E-state index contributed by atoms with van der Waals surface area (Å²) >= 11 is 3.35. The number of aromatic nitrogens is 3. The minimum absolute atomic E-state index is 0.625. The molecule has 2 heterocycles. The van der Waals surface area contributed by atoms with Crippen LogP contribution in [0.1, 0.15) is 18.9 Å². The predicted octanol–water partition coefficient (Wildman–Crippen LogP) is 2.53. The Balaban J connectivity index is 2.26. The van der Waals surface area contributed by atoms with Gasteiger partial charge in [0.1, 0.15) is 10.1 Å². The van der Waals surface area contributed by atoms with Gasteiger partial charge in [0.2, 0.25) is 0 Å². The first kappa shape index (κ1) is 7.50. The van der Waals surface area contributed by atoms with Gasteiger partial charge in [0.05, 0.1) is 17.8 Å². The monoisotopic (exact) mass is 237 g/mol. The summed E-state index contributed by atoms with van der Waals surface area (Å²) in [6.07, 6.45) is 4.35. The Hall–Kier alpha value is -0.900. The van der Waals surface area contributed by atoms with E-state index >= 15 is 0 Å². The van der Waals surface area contributed by atoms with Crippen molar-refractivity contribution in [3.63, 3.8) is 0 Å². The summed E-state index contributed by atoms with van der Waals surface area (Å²) in [7, 11) is 0. The van der Waals surface area contributed by atoms with E-state index in [-0.39, 0.29) is 0 Å². The van der Waals surface area contributed by atoms with Gasteiger partial charge in [0.25, 0.3) is 0 Å². The minimum Gasteiger partial charge on any atom is -0.260 e. The number of nitrogens with zero attached hydrogens (tertiary/aromatic N) is 3. The van der Waals surface area contributed by atoms with Crippen LogP contribution in [-0.4, -0.2) is 14.8 Å². The zero-order valence-corrected chi connectivity index (χ0v) is 8.53. The van der Waals surface area contributed by atoms with Gasteiger partial charge in [0.15, 0.2) is 0 Å². The summed E-state index contributed by atoms with van der Waals surface area (Å²) in [6, 6.07) is 4.65. The average Bonchev–Trinajstić information content (AvgIpc) is 2.87. The van der Waals surface area contributed by atoms with E-state index in [1.807, 2.05) is 12.3 Å². The molecule has 0 unspecified atom stereocenters. The van der Waals surface area contributed by atoms with E-state index in [4.69, 9.17) is 0 Å². The fourth-order valence-corrected chi connectivity index (χ4v) is 1.84. The molecule has 1 saturated carbocycles. The fraction of sp³-hybridized carbons (Fsp3) is 0.333. The Kier molecular flexibility index (Phi) is 1.47. The molecule has 0 bridgehead atoms. The van der Waals surface area contributed by atoms with Crippen LogP contribution in [0, 0.1) is 0 Å². The van der Waals surface area contributed by atoms with Crippen molar-refractivity contribution in [2.75, 3.05) is 0 Å². The number of hydrogen-bond acceptors (Lipinski definition) is 2. The lowest BCUT2D eigenvalue weighted by Gasteiger charge is -1.98. The highest BCUT2D eigenvalue weighted by Gasteiger charge is 2.25. The molecule has 1 aliphatic carbocycles. The van der Waals surface area contributed by atoms with Crippen LogP contribution in [0.5, 0.6) is 0 Å². The van der Waals surface area contributed by atoms with Gasteiger partial charge in [-0.15, -0.1) is 0 Å². The van der Waals surface area contributed by atoms with Crippen molar-refractivity contribution in [3.05, 3.63) is 22.9 Å². The first-order valence-corrected chi connectivity index (χ1v) is 5.14. The second-order valence-corrected chi connectivity index (χ2v) is 4.17. The lowest BCUT2D eigenvalue weighted by atomic mass is 10.4. The quantitative estimate of drug-likeness (QED) is 0.714. The number of halogens is 1. The van der Waals surface area contributed by atoms with Crippen LogP contribution in [0.3, 0.4) is 0 Å². The van der Waals surface area contributed by atoms with Crippen LogP contribution >= 0.6 is 15.9 Å². The van der Waals surface area contributed by atoms with E-state index < -0.39 is 0 Å². The topological polar surface area (TPSA) is 30.7 Å². The SMILES string of the molecule is Brc1ccc2c(cnn2C2CC2)n1. The number of fused-ring (bicyclic) bond motifs is 1. The summed E-state index contributed by atoms with van der Waals surface area (Å²) in [6.45, 7) is 0. The summed E-state index contributed by atoms with van der Waals surface area (Å²) in [5.41, 5.74) is 2.12. The van der Waals surface area contributed by atoms with E-state index in [2.05, 4.69) is 36.8 Å². The minimum atomic E-state index is 0.625. The van der Waals surface area contributed by atoms with Crippen LogP contribution in [0.2, 0.25) is 0 Å². The maximum Gasteiger partial charge on any atom is 0.110 e. The number of pyridine rings is 1. The Morgan fingerprint density at radius 1 is 1.38 bits per heavy atom. The lowest BCUT2D eigenvalue weighted by Crippen LogP contribution is -1.94. The van der Waals surface area contributed by atoms with Gasteiger partial charge in [-0.1, -0.05) is 0 Å². The smallest absolute Gasteiger partial charge is 0.110 e. The molecule has 0 aromatic carbocycles. The molecule has 13 heavy (non-hydrogen) atoms. The lowest BCUT2D eigenvalue weighted by molar-refractivity contribution is 0.665. The molecule has 0 aliphatic heterocycles.